The van der Waals surface area contributed by atoms with Crippen LogP contribution in [-0.2, 0) is 0 Å². The van der Waals surface area contributed by atoms with Crippen molar-refractivity contribution in [2.75, 3.05) is 0 Å². The van der Waals surface area contributed by atoms with Gasteiger partial charge in [0, 0.05) is 32.6 Å². The van der Waals surface area contributed by atoms with Gasteiger partial charge in [-0.1, -0.05) is 115 Å². The smallest absolute Gasteiger partial charge is 0.221 e. The summed E-state index contributed by atoms with van der Waals surface area (Å²) in [5.41, 5.74) is 11.8. The number of fused-ring (bicyclic) bond motifs is 12. The fourth-order valence-electron chi connectivity index (χ4n) is 8.59. The van der Waals surface area contributed by atoms with Crippen LogP contribution in [0.15, 0.2) is 176 Å². The molecule has 0 aliphatic heterocycles. The molecule has 0 aliphatic carbocycles. The standard InChI is InChI=1S/C48H29N5/c1-2-12-31-27-34(24-21-30(31)11-1)51-42-18-8-4-13-35(42)37-25-22-32(28-45(37)51)33-23-26-38-36-14-5-9-19-43(36)52(46(38)29-33)48-50-40-16-6-3-15-39(40)47-49-41-17-7-10-20-44(41)53(47)48/h1-29H. The van der Waals surface area contributed by atoms with Crippen LogP contribution in [0.4, 0.5) is 0 Å². The molecule has 0 aliphatic rings. The normalized spacial score (nSPS) is 12.2. The highest BCUT2D eigenvalue weighted by atomic mass is 15.2. The lowest BCUT2D eigenvalue weighted by Gasteiger charge is -2.13. The molecule has 0 saturated heterocycles. The van der Waals surface area contributed by atoms with E-state index in [9.17, 15) is 0 Å². The topological polar surface area (TPSA) is 40.0 Å². The molecular formula is C48H29N5. The summed E-state index contributed by atoms with van der Waals surface area (Å²) in [7, 11) is 0. The Kier molecular flexibility index (Phi) is 5.71. The van der Waals surface area contributed by atoms with Crippen molar-refractivity contribution in [1.82, 2.24) is 23.5 Å². The lowest BCUT2D eigenvalue weighted by Crippen LogP contribution is -2.06. The van der Waals surface area contributed by atoms with Gasteiger partial charge in [0.05, 0.1) is 38.6 Å². The molecule has 0 unspecified atom stereocenters. The number of benzene rings is 8. The molecule has 0 fully saturated rings. The minimum atomic E-state index is 0.822. The van der Waals surface area contributed by atoms with Gasteiger partial charge in [-0.15, -0.1) is 0 Å². The Balaban J connectivity index is 1.14. The first-order valence-corrected chi connectivity index (χ1v) is 18.0. The third kappa shape index (κ3) is 4.02. The lowest BCUT2D eigenvalue weighted by atomic mass is 10.0. The molecule has 12 rings (SSSR count). The zero-order valence-corrected chi connectivity index (χ0v) is 28.5. The predicted molar refractivity (Wildman–Crippen MR) is 220 cm³/mol. The molecule has 0 amide bonds. The number of nitrogens with zero attached hydrogens (tertiary/aromatic N) is 5. The Morgan fingerprint density at radius 3 is 1.62 bits per heavy atom. The van der Waals surface area contributed by atoms with Crippen LogP contribution in [0.1, 0.15) is 0 Å². The zero-order valence-electron chi connectivity index (χ0n) is 28.5. The molecule has 246 valence electrons. The maximum atomic E-state index is 5.39. The summed E-state index contributed by atoms with van der Waals surface area (Å²) in [5, 5.41) is 8.36. The summed E-state index contributed by atoms with van der Waals surface area (Å²) in [6.07, 6.45) is 0. The first-order chi connectivity index (χ1) is 26.3. The minimum absolute atomic E-state index is 0.822. The van der Waals surface area contributed by atoms with Crippen molar-refractivity contribution in [3.05, 3.63) is 176 Å². The van der Waals surface area contributed by atoms with Crippen LogP contribution in [-0.4, -0.2) is 23.5 Å². The molecule has 53 heavy (non-hydrogen) atoms. The summed E-state index contributed by atoms with van der Waals surface area (Å²) >= 11 is 0. The van der Waals surface area contributed by atoms with E-state index in [1.165, 1.54) is 43.4 Å². The van der Waals surface area contributed by atoms with E-state index in [1.54, 1.807) is 0 Å². The minimum Gasteiger partial charge on any atom is -0.309 e. The number of rotatable bonds is 3. The summed E-state index contributed by atoms with van der Waals surface area (Å²) in [5.74, 6) is 0.822. The second kappa shape index (κ2) is 10.6. The molecule has 4 heterocycles. The predicted octanol–water partition coefficient (Wildman–Crippen LogP) is 12.1. The first kappa shape index (κ1) is 28.5. The van der Waals surface area contributed by atoms with Gasteiger partial charge in [0.1, 0.15) is 5.65 Å². The number of para-hydroxylation sites is 5. The van der Waals surface area contributed by atoms with Crippen molar-refractivity contribution < 1.29 is 0 Å². The van der Waals surface area contributed by atoms with Crippen LogP contribution in [0.3, 0.4) is 0 Å². The van der Waals surface area contributed by atoms with Crippen molar-refractivity contribution in [3.8, 4) is 22.8 Å². The monoisotopic (exact) mass is 675 g/mol. The second-order valence-electron chi connectivity index (χ2n) is 13.9. The van der Waals surface area contributed by atoms with Crippen LogP contribution in [0.25, 0.3) is 105 Å². The highest BCUT2D eigenvalue weighted by Crippen LogP contribution is 2.39. The molecule has 0 bridgehead atoms. The number of hydrogen-bond acceptors (Lipinski definition) is 2. The Hall–Kier alpha value is -7.24. The summed E-state index contributed by atoms with van der Waals surface area (Å²) in [6, 6.07) is 63.2. The molecule has 5 heteroatoms. The summed E-state index contributed by atoms with van der Waals surface area (Å²) in [6.45, 7) is 0. The van der Waals surface area contributed by atoms with Crippen LogP contribution in [0.5, 0.6) is 0 Å². The molecule has 0 spiro atoms. The molecule has 8 aromatic carbocycles. The van der Waals surface area contributed by atoms with E-state index in [0.29, 0.717) is 0 Å². The van der Waals surface area contributed by atoms with E-state index in [-0.39, 0.29) is 0 Å². The third-order valence-corrected chi connectivity index (χ3v) is 11.0. The molecular weight excluding hydrogens is 647 g/mol. The van der Waals surface area contributed by atoms with Gasteiger partial charge in [-0.2, -0.15) is 0 Å². The fourth-order valence-corrected chi connectivity index (χ4v) is 8.59. The summed E-state index contributed by atoms with van der Waals surface area (Å²) in [4.78, 5) is 10.5. The molecule has 4 aromatic heterocycles. The Labute approximate surface area is 303 Å². The third-order valence-electron chi connectivity index (χ3n) is 11.0. The van der Waals surface area contributed by atoms with E-state index < -0.39 is 0 Å². The molecule has 12 aromatic rings. The van der Waals surface area contributed by atoms with Gasteiger partial charge in [0.25, 0.3) is 0 Å². The maximum absolute atomic E-state index is 5.39. The first-order valence-electron chi connectivity index (χ1n) is 18.0. The van der Waals surface area contributed by atoms with Gasteiger partial charge < -0.3 is 4.57 Å². The van der Waals surface area contributed by atoms with Crippen molar-refractivity contribution in [3.63, 3.8) is 0 Å². The van der Waals surface area contributed by atoms with Crippen LogP contribution in [0.2, 0.25) is 0 Å². The van der Waals surface area contributed by atoms with E-state index >= 15 is 0 Å². The quantitative estimate of drug-likeness (QED) is 0.187. The molecule has 0 radical (unpaired) electrons. The van der Waals surface area contributed by atoms with Crippen LogP contribution in [0, 0.1) is 0 Å². The fraction of sp³-hybridized carbons (Fsp3) is 0. The molecule has 0 saturated carbocycles. The highest BCUT2D eigenvalue weighted by Gasteiger charge is 2.21. The van der Waals surface area contributed by atoms with Gasteiger partial charge in [0.2, 0.25) is 5.95 Å². The molecule has 0 atom stereocenters. The van der Waals surface area contributed by atoms with Crippen molar-refractivity contribution in [1.29, 1.82) is 0 Å². The van der Waals surface area contributed by atoms with E-state index in [1.807, 2.05) is 6.07 Å². The van der Waals surface area contributed by atoms with Crippen LogP contribution < -0.4 is 0 Å². The Bertz CT molecular complexity index is 3470. The SMILES string of the molecule is c1ccc2cc(-n3c4ccccc4c4ccc(-c5ccc6c7ccccc7n(-c7nc8ccccc8c8nc9ccccc9n78)c6c5)cc43)ccc2c1. The van der Waals surface area contributed by atoms with Crippen molar-refractivity contribution >= 4 is 82.0 Å². The van der Waals surface area contributed by atoms with Crippen molar-refractivity contribution in [2.45, 2.75) is 0 Å². The Morgan fingerprint density at radius 2 is 0.887 bits per heavy atom. The van der Waals surface area contributed by atoms with Crippen LogP contribution >= 0.6 is 0 Å². The van der Waals surface area contributed by atoms with Gasteiger partial charge >= 0.3 is 0 Å². The Morgan fingerprint density at radius 1 is 0.340 bits per heavy atom. The van der Waals surface area contributed by atoms with E-state index in [4.69, 9.17) is 9.97 Å². The van der Waals surface area contributed by atoms with E-state index in [2.05, 4.69) is 183 Å². The number of imidazole rings is 1. The average molecular weight is 676 g/mol. The largest absolute Gasteiger partial charge is 0.309 e. The number of aromatic nitrogens is 5. The van der Waals surface area contributed by atoms with Gasteiger partial charge in [-0.05, 0) is 82.6 Å². The molecule has 0 N–H and O–H groups in total. The zero-order chi connectivity index (χ0) is 34.6. The van der Waals surface area contributed by atoms with Gasteiger partial charge in [-0.25, -0.2) is 9.97 Å². The van der Waals surface area contributed by atoms with Gasteiger partial charge in [0.15, 0.2) is 0 Å². The highest BCUT2D eigenvalue weighted by molar-refractivity contribution is 6.12. The van der Waals surface area contributed by atoms with Gasteiger partial charge in [-0.3, -0.25) is 8.97 Å². The second-order valence-corrected chi connectivity index (χ2v) is 13.9. The molecule has 5 nitrogen and oxygen atoms in total. The van der Waals surface area contributed by atoms with E-state index in [0.717, 1.165) is 61.4 Å². The van der Waals surface area contributed by atoms with Crippen molar-refractivity contribution in [2.24, 2.45) is 0 Å². The lowest BCUT2D eigenvalue weighted by molar-refractivity contribution is 0.979. The number of hydrogen-bond donors (Lipinski definition) is 0. The average Bonchev–Trinajstić information content (AvgIpc) is 3.88. The maximum Gasteiger partial charge on any atom is 0.221 e. The summed E-state index contributed by atoms with van der Waals surface area (Å²) < 4.78 is 6.96.